The molecule has 0 heterocycles. The molecule has 2 aromatic rings. The number of rotatable bonds is 3. The molecule has 0 spiro atoms. The van der Waals surface area contributed by atoms with Gasteiger partial charge in [0.25, 0.3) is 0 Å². The highest BCUT2D eigenvalue weighted by Gasteiger charge is 2.42. The van der Waals surface area contributed by atoms with Crippen molar-refractivity contribution in [1.82, 2.24) is 0 Å². The number of carbonyl (C=O) groups is 1. The molecular weight excluding hydrogens is 258 g/mol. The fourth-order valence-electron chi connectivity index (χ4n) is 3.34. The molecule has 1 amide bonds. The maximum atomic E-state index is 13.0. The van der Waals surface area contributed by atoms with Crippen LogP contribution in [0.25, 0.3) is 0 Å². The fourth-order valence-corrected chi connectivity index (χ4v) is 3.34. The second-order valence-electron chi connectivity index (χ2n) is 5.92. The van der Waals surface area contributed by atoms with Crippen molar-refractivity contribution in [3.8, 4) is 0 Å². The predicted octanol–water partition coefficient (Wildman–Crippen LogP) is 4.45. The third-order valence-electron chi connectivity index (χ3n) is 4.61. The van der Waals surface area contributed by atoms with Crippen LogP contribution in [0.2, 0.25) is 0 Å². The van der Waals surface area contributed by atoms with Crippen molar-refractivity contribution in [2.75, 3.05) is 5.32 Å². The number of aryl methyl sites for hydroxylation is 1. The molecule has 1 N–H and O–H groups in total. The van der Waals surface area contributed by atoms with Crippen LogP contribution in [-0.2, 0) is 10.2 Å². The minimum Gasteiger partial charge on any atom is -0.325 e. The van der Waals surface area contributed by atoms with Crippen molar-refractivity contribution >= 4 is 11.6 Å². The molecular formula is C19H21NO. The van der Waals surface area contributed by atoms with Crippen LogP contribution in [0, 0.1) is 6.92 Å². The second-order valence-corrected chi connectivity index (χ2v) is 5.92. The van der Waals surface area contributed by atoms with E-state index in [-0.39, 0.29) is 11.3 Å². The molecule has 1 aliphatic rings. The Labute approximate surface area is 126 Å². The van der Waals surface area contributed by atoms with Gasteiger partial charge >= 0.3 is 0 Å². The molecule has 0 unspecified atom stereocenters. The van der Waals surface area contributed by atoms with Crippen molar-refractivity contribution in [3.05, 3.63) is 65.7 Å². The van der Waals surface area contributed by atoms with Crippen LogP contribution in [0.15, 0.2) is 54.6 Å². The Bertz CT molecular complexity index is 627. The van der Waals surface area contributed by atoms with Crippen LogP contribution >= 0.6 is 0 Å². The van der Waals surface area contributed by atoms with Gasteiger partial charge in [-0.05, 0) is 37.0 Å². The molecule has 0 saturated heterocycles. The summed E-state index contributed by atoms with van der Waals surface area (Å²) in [6.45, 7) is 2.03. The summed E-state index contributed by atoms with van der Waals surface area (Å²) in [6.07, 6.45) is 4.12. The zero-order valence-corrected chi connectivity index (χ0v) is 12.4. The quantitative estimate of drug-likeness (QED) is 0.884. The van der Waals surface area contributed by atoms with E-state index in [0.29, 0.717) is 0 Å². The first-order valence-corrected chi connectivity index (χ1v) is 7.65. The Morgan fingerprint density at radius 2 is 1.57 bits per heavy atom. The van der Waals surface area contributed by atoms with Gasteiger partial charge in [0.15, 0.2) is 0 Å². The largest absolute Gasteiger partial charge is 0.325 e. The van der Waals surface area contributed by atoms with Crippen molar-refractivity contribution in [1.29, 1.82) is 0 Å². The van der Waals surface area contributed by atoms with Gasteiger partial charge < -0.3 is 5.32 Å². The first kappa shape index (κ1) is 13.9. The van der Waals surface area contributed by atoms with Gasteiger partial charge in [-0.2, -0.15) is 0 Å². The number of nitrogens with one attached hydrogen (secondary N) is 1. The van der Waals surface area contributed by atoms with E-state index in [1.165, 1.54) is 0 Å². The summed E-state index contributed by atoms with van der Waals surface area (Å²) in [4.78, 5) is 13.0. The van der Waals surface area contributed by atoms with E-state index in [9.17, 15) is 4.79 Å². The van der Waals surface area contributed by atoms with Crippen molar-refractivity contribution in [2.45, 2.75) is 38.0 Å². The predicted molar refractivity (Wildman–Crippen MR) is 86.4 cm³/mol. The zero-order chi connectivity index (χ0) is 14.7. The van der Waals surface area contributed by atoms with E-state index >= 15 is 0 Å². The number of hydrogen-bond acceptors (Lipinski definition) is 1. The van der Waals surface area contributed by atoms with Crippen molar-refractivity contribution < 1.29 is 4.79 Å². The number of benzene rings is 2. The molecule has 1 aliphatic carbocycles. The monoisotopic (exact) mass is 279 g/mol. The van der Waals surface area contributed by atoms with Crippen LogP contribution in [0.5, 0.6) is 0 Å². The van der Waals surface area contributed by atoms with Crippen molar-refractivity contribution in [3.63, 3.8) is 0 Å². The van der Waals surface area contributed by atoms with Crippen LogP contribution in [0.3, 0.4) is 0 Å². The molecule has 2 heteroatoms. The lowest BCUT2D eigenvalue weighted by molar-refractivity contribution is -0.121. The molecule has 1 fully saturated rings. The summed E-state index contributed by atoms with van der Waals surface area (Å²) >= 11 is 0. The standard InChI is InChI=1S/C19H21NO/c1-15-9-5-6-12-17(15)20-18(21)19(13-7-8-14-19)16-10-3-2-4-11-16/h2-6,9-12H,7-8,13-14H2,1H3,(H,20,21). The molecule has 108 valence electrons. The number of carbonyl (C=O) groups excluding carboxylic acids is 1. The molecule has 21 heavy (non-hydrogen) atoms. The molecule has 2 aromatic carbocycles. The average Bonchev–Trinajstić information content (AvgIpc) is 3.01. The highest BCUT2D eigenvalue weighted by molar-refractivity contribution is 5.99. The topological polar surface area (TPSA) is 29.1 Å². The Balaban J connectivity index is 1.92. The summed E-state index contributed by atoms with van der Waals surface area (Å²) < 4.78 is 0. The minimum atomic E-state index is -0.358. The Morgan fingerprint density at radius 3 is 2.24 bits per heavy atom. The van der Waals surface area contributed by atoms with Crippen molar-refractivity contribution in [2.24, 2.45) is 0 Å². The van der Waals surface area contributed by atoms with Gasteiger partial charge in [-0.1, -0.05) is 61.4 Å². The lowest BCUT2D eigenvalue weighted by Gasteiger charge is -2.28. The number of amides is 1. The smallest absolute Gasteiger partial charge is 0.235 e. The summed E-state index contributed by atoms with van der Waals surface area (Å²) in [5.74, 6) is 0.139. The molecule has 0 radical (unpaired) electrons. The fraction of sp³-hybridized carbons (Fsp3) is 0.316. The maximum Gasteiger partial charge on any atom is 0.235 e. The minimum absolute atomic E-state index is 0.139. The van der Waals surface area contributed by atoms with Gasteiger partial charge in [-0.3, -0.25) is 4.79 Å². The summed E-state index contributed by atoms with van der Waals surface area (Å²) in [7, 11) is 0. The van der Waals surface area contributed by atoms with Crippen LogP contribution < -0.4 is 5.32 Å². The third kappa shape index (κ3) is 2.58. The van der Waals surface area contributed by atoms with E-state index < -0.39 is 0 Å². The lowest BCUT2D eigenvalue weighted by Crippen LogP contribution is -2.38. The molecule has 0 aliphatic heterocycles. The van der Waals surface area contributed by atoms with E-state index in [2.05, 4.69) is 17.4 Å². The van der Waals surface area contributed by atoms with Gasteiger partial charge in [0, 0.05) is 5.69 Å². The first-order chi connectivity index (χ1) is 10.2. The summed E-state index contributed by atoms with van der Waals surface area (Å²) in [6, 6.07) is 18.2. The Kier molecular flexibility index (Phi) is 3.78. The Hall–Kier alpha value is -2.09. The number of para-hydroxylation sites is 1. The Morgan fingerprint density at radius 1 is 0.952 bits per heavy atom. The molecule has 2 nitrogen and oxygen atoms in total. The normalized spacial score (nSPS) is 16.6. The number of hydrogen-bond donors (Lipinski definition) is 1. The molecule has 3 rings (SSSR count). The molecule has 1 saturated carbocycles. The van der Waals surface area contributed by atoms with Gasteiger partial charge in [0.2, 0.25) is 5.91 Å². The highest BCUT2D eigenvalue weighted by atomic mass is 16.2. The summed E-state index contributed by atoms with van der Waals surface area (Å²) in [5.41, 5.74) is 2.81. The second kappa shape index (κ2) is 5.72. The van der Waals surface area contributed by atoms with Crippen LogP contribution in [-0.4, -0.2) is 5.91 Å². The highest BCUT2D eigenvalue weighted by Crippen LogP contribution is 2.42. The van der Waals surface area contributed by atoms with Crippen LogP contribution in [0.1, 0.15) is 36.8 Å². The maximum absolute atomic E-state index is 13.0. The van der Waals surface area contributed by atoms with Gasteiger partial charge in [-0.15, -0.1) is 0 Å². The lowest BCUT2D eigenvalue weighted by atomic mass is 9.78. The average molecular weight is 279 g/mol. The molecule has 0 aromatic heterocycles. The third-order valence-corrected chi connectivity index (χ3v) is 4.61. The SMILES string of the molecule is Cc1ccccc1NC(=O)C1(c2ccccc2)CCCC1. The van der Waals surface area contributed by atoms with Gasteiger partial charge in [-0.25, -0.2) is 0 Å². The van der Waals surface area contributed by atoms with E-state index in [1.54, 1.807) is 0 Å². The molecule has 0 bridgehead atoms. The van der Waals surface area contributed by atoms with Gasteiger partial charge in [0.05, 0.1) is 5.41 Å². The number of anilines is 1. The van der Waals surface area contributed by atoms with Gasteiger partial charge in [0.1, 0.15) is 0 Å². The zero-order valence-electron chi connectivity index (χ0n) is 12.4. The first-order valence-electron chi connectivity index (χ1n) is 7.65. The van der Waals surface area contributed by atoms with E-state index in [1.807, 2.05) is 49.4 Å². The van der Waals surface area contributed by atoms with E-state index in [0.717, 1.165) is 42.5 Å². The van der Waals surface area contributed by atoms with Crippen LogP contribution in [0.4, 0.5) is 5.69 Å². The van der Waals surface area contributed by atoms with E-state index in [4.69, 9.17) is 0 Å². The molecule has 0 atom stereocenters. The summed E-state index contributed by atoms with van der Waals surface area (Å²) in [5, 5.41) is 3.15.